The van der Waals surface area contributed by atoms with Crippen molar-refractivity contribution in [3.63, 3.8) is 0 Å². The van der Waals surface area contributed by atoms with Crippen molar-refractivity contribution in [1.29, 1.82) is 0 Å². The summed E-state index contributed by atoms with van der Waals surface area (Å²) in [4.78, 5) is 13.1. The standard InChI is InChI=1S/C45H87NO10/c1-3-5-7-9-11-13-15-16-17-18-19-20-21-23-25-27-29-31-33-38(49)44(54)46-36(35-55-45-43(53)42(52)41(51)39(34-47)56-45)40(50)37(48)32-30-28-26-24-22-14-12-10-8-6-4-2/h24,26,36-43,45,47-53H,3-23,25,27-35H2,1-2H3,(H,46,54)/b26-24+. The number of aliphatic hydroxyl groups excluding tert-OH is 7. The molecule has 1 rings (SSSR count). The Labute approximate surface area is 341 Å². The summed E-state index contributed by atoms with van der Waals surface area (Å²) >= 11 is 0. The molecule has 11 nitrogen and oxygen atoms in total. The zero-order valence-corrected chi connectivity index (χ0v) is 35.6. The molecule has 0 bridgehead atoms. The number of nitrogens with one attached hydrogen (secondary N) is 1. The summed E-state index contributed by atoms with van der Waals surface area (Å²) in [6.07, 6.45) is 25.6. The summed E-state index contributed by atoms with van der Waals surface area (Å²) in [6.45, 7) is 3.40. The van der Waals surface area contributed by atoms with Crippen molar-refractivity contribution in [3.05, 3.63) is 12.2 Å². The molecule has 8 N–H and O–H groups in total. The highest BCUT2D eigenvalue weighted by atomic mass is 16.7. The average molecular weight is 802 g/mol. The third kappa shape index (κ3) is 25.4. The molecule has 1 fully saturated rings. The van der Waals surface area contributed by atoms with Gasteiger partial charge in [-0.25, -0.2) is 0 Å². The van der Waals surface area contributed by atoms with Gasteiger partial charge in [0.15, 0.2) is 6.29 Å². The molecule has 9 unspecified atom stereocenters. The number of ether oxygens (including phenoxy) is 2. The monoisotopic (exact) mass is 802 g/mol. The Balaban J connectivity index is 2.44. The molecule has 11 heteroatoms. The van der Waals surface area contributed by atoms with Crippen LogP contribution in [0, 0.1) is 0 Å². The van der Waals surface area contributed by atoms with Gasteiger partial charge in [-0.3, -0.25) is 4.79 Å². The fourth-order valence-electron chi connectivity index (χ4n) is 7.44. The molecule has 1 aliphatic heterocycles. The van der Waals surface area contributed by atoms with Crippen LogP contribution in [-0.4, -0.2) is 110 Å². The number of rotatable bonds is 38. The van der Waals surface area contributed by atoms with E-state index in [9.17, 15) is 40.5 Å². The van der Waals surface area contributed by atoms with Crippen molar-refractivity contribution in [2.45, 2.75) is 255 Å². The molecule has 9 atom stereocenters. The number of hydrogen-bond acceptors (Lipinski definition) is 10. The molecule has 0 aliphatic carbocycles. The van der Waals surface area contributed by atoms with E-state index in [4.69, 9.17) is 9.47 Å². The van der Waals surface area contributed by atoms with Crippen LogP contribution in [0.5, 0.6) is 0 Å². The Morgan fingerprint density at radius 2 is 1.05 bits per heavy atom. The highest BCUT2D eigenvalue weighted by molar-refractivity contribution is 5.80. The topological polar surface area (TPSA) is 189 Å². The van der Waals surface area contributed by atoms with Crippen LogP contribution >= 0.6 is 0 Å². The summed E-state index contributed by atoms with van der Waals surface area (Å²) in [5.74, 6) is -0.705. The van der Waals surface area contributed by atoms with Crippen LogP contribution in [0.2, 0.25) is 0 Å². The van der Waals surface area contributed by atoms with E-state index in [0.717, 1.165) is 38.5 Å². The second-order valence-electron chi connectivity index (χ2n) is 16.5. The number of allylic oxidation sites excluding steroid dienone is 2. The van der Waals surface area contributed by atoms with Gasteiger partial charge in [-0.15, -0.1) is 0 Å². The van der Waals surface area contributed by atoms with Gasteiger partial charge in [0.2, 0.25) is 5.91 Å². The lowest BCUT2D eigenvalue weighted by atomic mass is 9.98. The summed E-state index contributed by atoms with van der Waals surface area (Å²) in [5, 5.41) is 75.5. The maximum Gasteiger partial charge on any atom is 0.249 e. The van der Waals surface area contributed by atoms with Gasteiger partial charge in [0.05, 0.1) is 25.4 Å². The molecule has 56 heavy (non-hydrogen) atoms. The Kier molecular flexibility index (Phi) is 33.8. The zero-order chi connectivity index (χ0) is 41.2. The van der Waals surface area contributed by atoms with E-state index in [1.165, 1.54) is 122 Å². The Morgan fingerprint density at radius 1 is 0.607 bits per heavy atom. The van der Waals surface area contributed by atoms with Crippen LogP contribution < -0.4 is 5.32 Å². The van der Waals surface area contributed by atoms with Crippen LogP contribution in [0.3, 0.4) is 0 Å². The molecule has 0 aromatic carbocycles. The summed E-state index contributed by atoms with van der Waals surface area (Å²) < 4.78 is 11.1. The van der Waals surface area contributed by atoms with E-state index in [1.54, 1.807) is 0 Å². The third-order valence-electron chi connectivity index (χ3n) is 11.3. The minimum Gasteiger partial charge on any atom is -0.394 e. The number of carbonyl (C=O) groups is 1. The molecular formula is C45H87NO10. The van der Waals surface area contributed by atoms with Crippen LogP contribution in [0.4, 0.5) is 0 Å². The van der Waals surface area contributed by atoms with Crippen molar-refractivity contribution in [1.82, 2.24) is 5.32 Å². The molecule has 1 saturated heterocycles. The molecule has 0 aromatic rings. The predicted octanol–water partition coefficient (Wildman–Crippen LogP) is 7.28. The first kappa shape index (κ1) is 52.9. The minimum atomic E-state index is -1.66. The minimum absolute atomic E-state index is 0.259. The molecule has 0 aromatic heterocycles. The number of carbonyl (C=O) groups excluding carboxylic acids is 1. The number of unbranched alkanes of at least 4 members (excludes halogenated alkanes) is 24. The summed E-state index contributed by atoms with van der Waals surface area (Å²) in [5.41, 5.74) is 0. The van der Waals surface area contributed by atoms with E-state index in [-0.39, 0.29) is 12.8 Å². The molecule has 0 saturated carbocycles. The van der Waals surface area contributed by atoms with Crippen molar-refractivity contribution in [2.75, 3.05) is 13.2 Å². The Hall–Kier alpha value is -1.15. The molecule has 1 amide bonds. The number of amides is 1. The summed E-state index contributed by atoms with van der Waals surface area (Å²) in [7, 11) is 0. The average Bonchev–Trinajstić information content (AvgIpc) is 3.20. The first-order chi connectivity index (χ1) is 27.2. The highest BCUT2D eigenvalue weighted by Gasteiger charge is 2.44. The van der Waals surface area contributed by atoms with Crippen molar-refractivity contribution in [2.24, 2.45) is 0 Å². The fraction of sp³-hybridized carbons (Fsp3) is 0.933. The lowest BCUT2D eigenvalue weighted by Crippen LogP contribution is -2.60. The van der Waals surface area contributed by atoms with E-state index >= 15 is 0 Å². The van der Waals surface area contributed by atoms with Crippen LogP contribution in [0.25, 0.3) is 0 Å². The first-order valence-electron chi connectivity index (χ1n) is 23.1. The third-order valence-corrected chi connectivity index (χ3v) is 11.3. The van der Waals surface area contributed by atoms with Gasteiger partial charge in [-0.1, -0.05) is 174 Å². The van der Waals surface area contributed by atoms with Gasteiger partial charge in [-0.05, 0) is 38.5 Å². The fourth-order valence-corrected chi connectivity index (χ4v) is 7.44. The van der Waals surface area contributed by atoms with E-state index < -0.39 is 74.2 Å². The Morgan fingerprint density at radius 3 is 1.54 bits per heavy atom. The molecule has 1 aliphatic rings. The molecular weight excluding hydrogens is 714 g/mol. The Bertz CT molecular complexity index is 923. The predicted molar refractivity (Wildman–Crippen MR) is 224 cm³/mol. The van der Waals surface area contributed by atoms with E-state index in [1.807, 2.05) is 0 Å². The SMILES string of the molecule is CCCCCCCC/C=C/CCCC(O)C(O)C(COC1OC(CO)C(O)C(O)C1O)NC(=O)C(O)CCCCCCCCCCCCCCCCCCCC. The highest BCUT2D eigenvalue weighted by Crippen LogP contribution is 2.23. The van der Waals surface area contributed by atoms with Gasteiger partial charge in [0.1, 0.15) is 36.6 Å². The van der Waals surface area contributed by atoms with E-state index in [0.29, 0.717) is 12.8 Å². The molecule has 0 radical (unpaired) electrons. The second-order valence-corrected chi connectivity index (χ2v) is 16.5. The van der Waals surface area contributed by atoms with Gasteiger partial charge in [0, 0.05) is 0 Å². The van der Waals surface area contributed by atoms with E-state index in [2.05, 4.69) is 31.3 Å². The van der Waals surface area contributed by atoms with Crippen LogP contribution in [0.1, 0.15) is 200 Å². The maximum absolute atomic E-state index is 13.1. The largest absolute Gasteiger partial charge is 0.394 e. The zero-order valence-electron chi connectivity index (χ0n) is 35.6. The summed E-state index contributed by atoms with van der Waals surface area (Å²) in [6, 6.07) is -1.18. The maximum atomic E-state index is 13.1. The number of hydrogen-bond donors (Lipinski definition) is 8. The van der Waals surface area contributed by atoms with Gasteiger partial charge < -0.3 is 50.5 Å². The molecule has 0 spiro atoms. The van der Waals surface area contributed by atoms with Crippen molar-refractivity contribution in [3.8, 4) is 0 Å². The van der Waals surface area contributed by atoms with Gasteiger partial charge in [0.25, 0.3) is 0 Å². The van der Waals surface area contributed by atoms with Gasteiger partial charge >= 0.3 is 0 Å². The first-order valence-corrected chi connectivity index (χ1v) is 23.1. The molecule has 332 valence electrons. The smallest absolute Gasteiger partial charge is 0.249 e. The lowest BCUT2D eigenvalue weighted by Gasteiger charge is -2.40. The van der Waals surface area contributed by atoms with Gasteiger partial charge in [-0.2, -0.15) is 0 Å². The van der Waals surface area contributed by atoms with Crippen molar-refractivity contribution >= 4 is 5.91 Å². The van der Waals surface area contributed by atoms with Crippen LogP contribution in [-0.2, 0) is 14.3 Å². The number of aliphatic hydroxyl groups is 7. The normalized spacial score (nSPS) is 22.3. The lowest BCUT2D eigenvalue weighted by molar-refractivity contribution is -0.303. The quantitative estimate of drug-likeness (QED) is 0.0233. The second kappa shape index (κ2) is 35.8. The molecule has 1 heterocycles. The van der Waals surface area contributed by atoms with Crippen molar-refractivity contribution < 1.29 is 50.0 Å². The van der Waals surface area contributed by atoms with Crippen LogP contribution in [0.15, 0.2) is 12.2 Å².